The summed E-state index contributed by atoms with van der Waals surface area (Å²) >= 11 is 0. The van der Waals surface area contributed by atoms with E-state index < -0.39 is 17.1 Å². The molecule has 0 aliphatic heterocycles. The summed E-state index contributed by atoms with van der Waals surface area (Å²) in [6.07, 6.45) is 3.59. The molecule has 0 fully saturated rings. The standard InChI is InChI=1S/C24H55NO6Si2/c1-12-19-23(32(10,26-15-4)27-16-5)30-21(8)25(14-3)22(9)31-24(20-13-2)33(11,28-17-6)29-18-7/h21-24H,12-20H2,1-11H3. The molecule has 0 aromatic carbocycles. The third-order valence-corrected chi connectivity index (χ3v) is 12.7. The number of hydrogen-bond acceptors (Lipinski definition) is 7. The van der Waals surface area contributed by atoms with Crippen LogP contribution in [0.4, 0.5) is 0 Å². The van der Waals surface area contributed by atoms with E-state index in [2.05, 4.69) is 52.6 Å². The highest BCUT2D eigenvalue weighted by Crippen LogP contribution is 2.26. The highest BCUT2D eigenvalue weighted by molar-refractivity contribution is 6.67. The number of nitrogens with zero attached hydrogens (tertiary/aromatic N) is 1. The fourth-order valence-electron chi connectivity index (χ4n) is 4.48. The van der Waals surface area contributed by atoms with Crippen LogP contribution in [0.1, 0.15) is 88.0 Å². The Morgan fingerprint density at radius 1 is 0.576 bits per heavy atom. The van der Waals surface area contributed by atoms with Gasteiger partial charge in [-0.25, -0.2) is 0 Å². The SMILES string of the molecule is CCCC(OC(C)N(CC)C(C)OC(CCC)[Si](C)(OCC)OCC)[Si](C)(OCC)OCC. The van der Waals surface area contributed by atoms with Crippen molar-refractivity contribution in [1.29, 1.82) is 0 Å². The number of ether oxygens (including phenoxy) is 2. The maximum absolute atomic E-state index is 6.66. The topological polar surface area (TPSA) is 58.6 Å². The van der Waals surface area contributed by atoms with E-state index in [4.69, 9.17) is 27.2 Å². The second kappa shape index (κ2) is 17.6. The van der Waals surface area contributed by atoms with Crippen molar-refractivity contribution in [2.45, 2.75) is 125 Å². The van der Waals surface area contributed by atoms with Crippen molar-refractivity contribution < 1.29 is 27.2 Å². The van der Waals surface area contributed by atoms with Gasteiger partial charge in [-0.15, -0.1) is 0 Å². The molecule has 0 aromatic heterocycles. The van der Waals surface area contributed by atoms with Gasteiger partial charge in [-0.1, -0.05) is 33.6 Å². The quantitative estimate of drug-likeness (QED) is 0.144. The molecular formula is C24H55NO6Si2. The van der Waals surface area contributed by atoms with Gasteiger partial charge < -0.3 is 27.2 Å². The van der Waals surface area contributed by atoms with Gasteiger partial charge in [-0.2, -0.15) is 0 Å². The van der Waals surface area contributed by atoms with Crippen LogP contribution >= 0.6 is 0 Å². The largest absolute Gasteiger partial charge is 0.393 e. The second-order valence-corrected chi connectivity index (χ2v) is 15.1. The molecule has 0 aliphatic carbocycles. The van der Waals surface area contributed by atoms with Crippen molar-refractivity contribution >= 4 is 17.1 Å². The Labute approximate surface area is 207 Å². The zero-order valence-electron chi connectivity index (χ0n) is 23.6. The van der Waals surface area contributed by atoms with Gasteiger partial charge in [-0.3, -0.25) is 4.90 Å². The molecule has 0 radical (unpaired) electrons. The molecule has 0 bridgehead atoms. The fourth-order valence-corrected chi connectivity index (χ4v) is 10.2. The Balaban J connectivity index is 5.60. The molecule has 0 aliphatic rings. The summed E-state index contributed by atoms with van der Waals surface area (Å²) in [7, 11) is -4.95. The molecule has 4 unspecified atom stereocenters. The van der Waals surface area contributed by atoms with E-state index in [0.717, 1.165) is 32.2 Å². The highest BCUT2D eigenvalue weighted by Gasteiger charge is 2.45. The first-order valence-electron chi connectivity index (χ1n) is 13.2. The maximum Gasteiger partial charge on any atom is 0.364 e. The van der Waals surface area contributed by atoms with Crippen LogP contribution in [-0.2, 0) is 27.2 Å². The minimum atomic E-state index is -2.47. The lowest BCUT2D eigenvalue weighted by molar-refractivity contribution is -0.163. The molecule has 9 heteroatoms. The Morgan fingerprint density at radius 2 is 0.879 bits per heavy atom. The molecule has 33 heavy (non-hydrogen) atoms. The summed E-state index contributed by atoms with van der Waals surface area (Å²) in [5.41, 5.74) is -0.0897. The lowest BCUT2D eigenvalue weighted by atomic mass is 10.3. The fraction of sp³-hybridized carbons (Fsp3) is 1.00. The Bertz CT molecular complexity index is 436. The molecule has 0 spiro atoms. The first kappa shape index (κ1) is 33.2. The molecule has 0 heterocycles. The van der Waals surface area contributed by atoms with Crippen LogP contribution < -0.4 is 0 Å². The predicted molar refractivity (Wildman–Crippen MR) is 141 cm³/mol. The van der Waals surface area contributed by atoms with E-state index in [-0.39, 0.29) is 23.9 Å². The predicted octanol–water partition coefficient (Wildman–Crippen LogP) is 5.74. The maximum atomic E-state index is 6.66. The van der Waals surface area contributed by atoms with Gasteiger partial charge >= 0.3 is 17.1 Å². The van der Waals surface area contributed by atoms with Crippen LogP contribution in [0.2, 0.25) is 13.1 Å². The van der Waals surface area contributed by atoms with Crippen LogP contribution in [0, 0.1) is 0 Å². The molecular weight excluding hydrogens is 454 g/mol. The smallest absolute Gasteiger partial charge is 0.364 e. The minimum absolute atomic E-state index is 0.0448. The summed E-state index contributed by atoms with van der Waals surface area (Å²) in [6.45, 7) is 26.4. The lowest BCUT2D eigenvalue weighted by Gasteiger charge is -2.42. The van der Waals surface area contributed by atoms with Gasteiger partial charge in [0.2, 0.25) is 0 Å². The van der Waals surface area contributed by atoms with Crippen molar-refractivity contribution in [1.82, 2.24) is 4.90 Å². The van der Waals surface area contributed by atoms with Gasteiger partial charge in [0.05, 0.1) is 0 Å². The first-order valence-corrected chi connectivity index (χ1v) is 18.0. The van der Waals surface area contributed by atoms with Gasteiger partial charge in [0.25, 0.3) is 0 Å². The molecule has 0 N–H and O–H groups in total. The van der Waals surface area contributed by atoms with Crippen molar-refractivity contribution in [3.8, 4) is 0 Å². The van der Waals surface area contributed by atoms with Gasteiger partial charge in [0.1, 0.15) is 23.9 Å². The van der Waals surface area contributed by atoms with Crippen molar-refractivity contribution in [2.75, 3.05) is 33.0 Å². The molecule has 0 rings (SSSR count). The zero-order valence-corrected chi connectivity index (χ0v) is 25.6. The summed E-state index contributed by atoms with van der Waals surface area (Å²) in [5.74, 6) is 0. The van der Waals surface area contributed by atoms with E-state index in [1.165, 1.54) is 0 Å². The van der Waals surface area contributed by atoms with Crippen LogP contribution in [0.3, 0.4) is 0 Å². The highest BCUT2D eigenvalue weighted by atomic mass is 28.4. The van der Waals surface area contributed by atoms with Crippen molar-refractivity contribution in [3.63, 3.8) is 0 Å². The molecule has 0 aromatic rings. The third kappa shape index (κ3) is 10.7. The lowest BCUT2D eigenvalue weighted by Crippen LogP contribution is -2.57. The van der Waals surface area contributed by atoms with E-state index >= 15 is 0 Å². The summed E-state index contributed by atoms with van der Waals surface area (Å²) in [6, 6.07) is 0. The van der Waals surface area contributed by atoms with Crippen LogP contribution in [-0.4, -0.2) is 78.9 Å². The molecule has 4 atom stereocenters. The van der Waals surface area contributed by atoms with Gasteiger partial charge in [0.15, 0.2) is 0 Å². The average molecular weight is 510 g/mol. The molecule has 7 nitrogen and oxygen atoms in total. The van der Waals surface area contributed by atoms with Crippen LogP contribution in [0.25, 0.3) is 0 Å². The molecule has 0 saturated heterocycles. The van der Waals surface area contributed by atoms with E-state index in [1.54, 1.807) is 0 Å². The summed E-state index contributed by atoms with van der Waals surface area (Å²) < 4.78 is 38.0. The van der Waals surface area contributed by atoms with Gasteiger partial charge in [-0.05, 0) is 67.5 Å². The molecule has 0 amide bonds. The molecule has 200 valence electrons. The summed E-state index contributed by atoms with van der Waals surface area (Å²) in [4.78, 5) is 2.25. The summed E-state index contributed by atoms with van der Waals surface area (Å²) in [5, 5.41) is 0. The second-order valence-electron chi connectivity index (χ2n) is 8.62. The number of rotatable bonds is 21. The normalized spacial score (nSPS) is 16.7. The molecule has 0 saturated carbocycles. The van der Waals surface area contributed by atoms with Crippen LogP contribution in [0.15, 0.2) is 0 Å². The van der Waals surface area contributed by atoms with E-state index in [0.29, 0.717) is 26.4 Å². The van der Waals surface area contributed by atoms with Crippen LogP contribution in [0.5, 0.6) is 0 Å². The van der Waals surface area contributed by atoms with Gasteiger partial charge in [0, 0.05) is 33.0 Å². The first-order chi connectivity index (χ1) is 15.6. The average Bonchev–Trinajstić information content (AvgIpc) is 2.74. The van der Waals surface area contributed by atoms with Crippen molar-refractivity contribution in [2.24, 2.45) is 0 Å². The minimum Gasteiger partial charge on any atom is -0.393 e. The Morgan fingerprint density at radius 3 is 1.09 bits per heavy atom. The Hall–Kier alpha value is 0.154. The third-order valence-electron chi connectivity index (χ3n) is 6.02. The number of hydrogen-bond donors (Lipinski definition) is 0. The van der Waals surface area contributed by atoms with E-state index in [9.17, 15) is 0 Å². The van der Waals surface area contributed by atoms with Crippen molar-refractivity contribution in [3.05, 3.63) is 0 Å². The Kier molecular flexibility index (Phi) is 17.6. The zero-order chi connectivity index (χ0) is 25.5. The van der Waals surface area contributed by atoms with E-state index in [1.807, 2.05) is 27.7 Å². The monoisotopic (exact) mass is 509 g/mol.